The molecule has 2 rings (SSSR count). The molecule has 0 saturated heterocycles. The van der Waals surface area contributed by atoms with Crippen LogP contribution in [0.1, 0.15) is 17.2 Å². The lowest BCUT2D eigenvalue weighted by Gasteiger charge is -2.12. The molecule has 5 heteroatoms. The van der Waals surface area contributed by atoms with Crippen molar-refractivity contribution < 1.29 is 9.50 Å². The van der Waals surface area contributed by atoms with Gasteiger partial charge >= 0.3 is 0 Å². The lowest BCUT2D eigenvalue weighted by molar-refractivity contribution is 0.178. The fraction of sp³-hybridized carbons (Fsp3) is 0.154. The Balaban J connectivity index is 2.19. The minimum Gasteiger partial charge on any atom is -0.388 e. The summed E-state index contributed by atoms with van der Waals surface area (Å²) in [5.74, 6) is -0.324. The van der Waals surface area contributed by atoms with Crippen molar-refractivity contribution >= 4 is 27.5 Å². The van der Waals surface area contributed by atoms with Gasteiger partial charge in [0.1, 0.15) is 5.82 Å². The van der Waals surface area contributed by atoms with Crippen molar-refractivity contribution in [1.82, 2.24) is 4.98 Å². The Morgan fingerprint density at radius 3 is 2.83 bits per heavy atom. The molecule has 1 aromatic carbocycles. The highest BCUT2D eigenvalue weighted by Crippen LogP contribution is 2.26. The molecule has 0 aliphatic rings. The Morgan fingerprint density at radius 1 is 1.39 bits per heavy atom. The molecule has 18 heavy (non-hydrogen) atoms. The summed E-state index contributed by atoms with van der Waals surface area (Å²) in [5, 5.41) is 10.5. The third-order valence-electron chi connectivity index (χ3n) is 2.58. The van der Waals surface area contributed by atoms with Gasteiger partial charge in [-0.15, -0.1) is 0 Å². The van der Waals surface area contributed by atoms with Crippen LogP contribution in [-0.2, 0) is 6.42 Å². The minimum atomic E-state index is -0.738. The number of pyridine rings is 1. The van der Waals surface area contributed by atoms with Gasteiger partial charge in [0.25, 0.3) is 0 Å². The van der Waals surface area contributed by atoms with Crippen LogP contribution in [0.25, 0.3) is 0 Å². The van der Waals surface area contributed by atoms with Crippen LogP contribution in [0, 0.1) is 5.82 Å². The maximum atomic E-state index is 13.1. The third kappa shape index (κ3) is 3.07. The lowest BCUT2D eigenvalue weighted by Crippen LogP contribution is -2.03. The van der Waals surface area contributed by atoms with E-state index in [9.17, 15) is 9.50 Å². The van der Waals surface area contributed by atoms with Gasteiger partial charge in [0.15, 0.2) is 0 Å². The number of halogens is 3. The SMILES string of the molecule is OC(Cc1ccc(F)c(Br)c1)c1ccncc1Cl. The molecule has 0 saturated carbocycles. The maximum Gasteiger partial charge on any atom is 0.137 e. The van der Waals surface area contributed by atoms with E-state index in [1.165, 1.54) is 12.3 Å². The number of nitrogens with zero attached hydrogens (tertiary/aromatic N) is 1. The van der Waals surface area contributed by atoms with Gasteiger partial charge < -0.3 is 5.11 Å². The van der Waals surface area contributed by atoms with Gasteiger partial charge in [-0.1, -0.05) is 17.7 Å². The van der Waals surface area contributed by atoms with E-state index in [-0.39, 0.29) is 5.82 Å². The molecule has 1 aromatic heterocycles. The highest BCUT2D eigenvalue weighted by molar-refractivity contribution is 9.10. The summed E-state index contributed by atoms with van der Waals surface area (Å²) in [5.41, 5.74) is 1.44. The second kappa shape index (κ2) is 5.78. The van der Waals surface area contributed by atoms with Gasteiger partial charge in [-0.05, 0) is 39.7 Å². The summed E-state index contributed by atoms with van der Waals surface area (Å²) in [6.07, 6.45) is 2.69. The molecule has 0 aliphatic carbocycles. The normalized spacial score (nSPS) is 12.4. The Bertz CT molecular complexity index is 564. The standard InChI is InChI=1S/C13H10BrClFNO/c14-10-5-8(1-2-12(10)16)6-13(18)9-3-4-17-7-11(9)15/h1-5,7,13,18H,6H2. The van der Waals surface area contributed by atoms with Crippen LogP contribution in [0.2, 0.25) is 5.02 Å². The largest absolute Gasteiger partial charge is 0.388 e. The second-order valence-corrected chi connectivity index (χ2v) is 5.13. The van der Waals surface area contributed by atoms with Crippen molar-refractivity contribution in [2.24, 2.45) is 0 Å². The van der Waals surface area contributed by atoms with E-state index in [1.54, 1.807) is 24.4 Å². The Hall–Kier alpha value is -0.970. The first-order valence-corrected chi connectivity index (χ1v) is 6.46. The zero-order chi connectivity index (χ0) is 13.1. The smallest absolute Gasteiger partial charge is 0.137 e. The zero-order valence-corrected chi connectivity index (χ0v) is 11.6. The summed E-state index contributed by atoms with van der Waals surface area (Å²) < 4.78 is 13.5. The molecule has 0 bridgehead atoms. The fourth-order valence-electron chi connectivity index (χ4n) is 1.66. The van der Waals surface area contributed by atoms with E-state index in [2.05, 4.69) is 20.9 Å². The molecule has 2 nitrogen and oxygen atoms in total. The molecule has 0 fully saturated rings. The topological polar surface area (TPSA) is 33.1 Å². The first kappa shape index (κ1) is 13.5. The molecule has 0 radical (unpaired) electrons. The number of aromatic nitrogens is 1. The molecular weight excluding hydrogens is 321 g/mol. The van der Waals surface area contributed by atoms with Crippen LogP contribution in [0.3, 0.4) is 0 Å². The number of hydrogen-bond donors (Lipinski definition) is 1. The van der Waals surface area contributed by atoms with Crippen LogP contribution in [0.4, 0.5) is 4.39 Å². The van der Waals surface area contributed by atoms with Gasteiger partial charge in [-0.2, -0.15) is 0 Å². The van der Waals surface area contributed by atoms with E-state index in [4.69, 9.17) is 11.6 Å². The van der Waals surface area contributed by atoms with Gasteiger partial charge in [-0.25, -0.2) is 4.39 Å². The van der Waals surface area contributed by atoms with Crippen molar-refractivity contribution in [2.75, 3.05) is 0 Å². The van der Waals surface area contributed by atoms with Crippen molar-refractivity contribution in [1.29, 1.82) is 0 Å². The monoisotopic (exact) mass is 329 g/mol. The summed E-state index contributed by atoms with van der Waals surface area (Å²) in [6, 6.07) is 6.32. The predicted molar refractivity (Wildman–Crippen MR) is 72.0 cm³/mol. The third-order valence-corrected chi connectivity index (χ3v) is 3.50. The molecule has 1 N–H and O–H groups in total. The van der Waals surface area contributed by atoms with Crippen LogP contribution in [0.5, 0.6) is 0 Å². The van der Waals surface area contributed by atoms with Crippen LogP contribution in [-0.4, -0.2) is 10.1 Å². The van der Waals surface area contributed by atoms with Crippen molar-refractivity contribution in [3.05, 3.63) is 63.1 Å². The highest BCUT2D eigenvalue weighted by atomic mass is 79.9. The summed E-state index contributed by atoms with van der Waals surface area (Å²) in [6.45, 7) is 0. The summed E-state index contributed by atoms with van der Waals surface area (Å²) in [4.78, 5) is 3.86. The van der Waals surface area contributed by atoms with E-state index >= 15 is 0 Å². The predicted octanol–water partition coefficient (Wildman–Crippen LogP) is 3.91. The molecule has 1 heterocycles. The lowest BCUT2D eigenvalue weighted by atomic mass is 10.0. The average molecular weight is 331 g/mol. The van der Waals surface area contributed by atoms with E-state index in [0.29, 0.717) is 21.5 Å². The van der Waals surface area contributed by atoms with Gasteiger partial charge in [-0.3, -0.25) is 4.98 Å². The van der Waals surface area contributed by atoms with E-state index in [1.807, 2.05) is 0 Å². The first-order valence-electron chi connectivity index (χ1n) is 5.29. The first-order chi connectivity index (χ1) is 8.58. The van der Waals surface area contributed by atoms with E-state index in [0.717, 1.165) is 5.56 Å². The Morgan fingerprint density at radius 2 is 2.17 bits per heavy atom. The molecule has 0 amide bonds. The summed E-state index contributed by atoms with van der Waals surface area (Å²) >= 11 is 9.06. The second-order valence-electron chi connectivity index (χ2n) is 3.87. The highest BCUT2D eigenvalue weighted by Gasteiger charge is 2.13. The van der Waals surface area contributed by atoms with Crippen molar-refractivity contribution in [3.63, 3.8) is 0 Å². The average Bonchev–Trinajstić information content (AvgIpc) is 2.34. The molecule has 94 valence electrons. The van der Waals surface area contributed by atoms with Gasteiger partial charge in [0.2, 0.25) is 0 Å². The number of hydrogen-bond acceptors (Lipinski definition) is 2. The van der Waals surface area contributed by atoms with Gasteiger partial charge in [0, 0.05) is 24.4 Å². The molecular formula is C13H10BrClFNO. The molecule has 2 aromatic rings. The number of aliphatic hydroxyl groups excluding tert-OH is 1. The molecule has 1 unspecified atom stereocenters. The Kier molecular flexibility index (Phi) is 4.32. The Labute approximate surface area is 118 Å². The van der Waals surface area contributed by atoms with Crippen molar-refractivity contribution in [3.8, 4) is 0 Å². The zero-order valence-electron chi connectivity index (χ0n) is 9.28. The molecule has 1 atom stereocenters. The van der Waals surface area contributed by atoms with Crippen molar-refractivity contribution in [2.45, 2.75) is 12.5 Å². The molecule has 0 spiro atoms. The summed E-state index contributed by atoms with van der Waals surface area (Å²) in [7, 11) is 0. The quantitative estimate of drug-likeness (QED) is 0.925. The number of aliphatic hydroxyl groups is 1. The van der Waals surface area contributed by atoms with Crippen LogP contribution >= 0.6 is 27.5 Å². The maximum absolute atomic E-state index is 13.1. The number of rotatable bonds is 3. The minimum absolute atomic E-state index is 0.324. The molecule has 0 aliphatic heterocycles. The fourth-order valence-corrected chi connectivity index (χ4v) is 2.33. The van der Waals surface area contributed by atoms with E-state index < -0.39 is 6.10 Å². The number of benzene rings is 1. The van der Waals surface area contributed by atoms with Crippen LogP contribution in [0.15, 0.2) is 41.1 Å². The van der Waals surface area contributed by atoms with Gasteiger partial charge in [0.05, 0.1) is 15.6 Å². The van der Waals surface area contributed by atoms with Crippen LogP contribution < -0.4 is 0 Å².